The maximum atomic E-state index is 12.4. The summed E-state index contributed by atoms with van der Waals surface area (Å²) >= 11 is 0. The molecule has 5 nitrogen and oxygen atoms in total. The number of nitrogen functional groups attached to an aromatic ring is 1. The predicted octanol–water partition coefficient (Wildman–Crippen LogP) is 1.82. The van der Waals surface area contributed by atoms with Crippen LogP contribution in [0.4, 0.5) is 5.69 Å². The average Bonchev–Trinajstić information content (AvgIpc) is 2.42. The van der Waals surface area contributed by atoms with Crippen LogP contribution in [0, 0.1) is 12.3 Å². The topological polar surface area (TPSA) is 76.4 Å². The molecule has 1 aromatic rings. The van der Waals surface area contributed by atoms with Gasteiger partial charge < -0.3 is 15.5 Å². The lowest BCUT2D eigenvalue weighted by molar-refractivity contribution is -0.0942. The highest BCUT2D eigenvalue weighted by atomic mass is 16.5. The lowest BCUT2D eigenvalue weighted by atomic mass is 9.64. The quantitative estimate of drug-likeness (QED) is 0.579. The van der Waals surface area contributed by atoms with E-state index in [1.807, 2.05) is 19.1 Å². The van der Waals surface area contributed by atoms with Crippen molar-refractivity contribution >= 4 is 11.6 Å². The van der Waals surface area contributed by atoms with Crippen molar-refractivity contribution in [1.29, 1.82) is 0 Å². The second-order valence-corrected chi connectivity index (χ2v) is 6.00. The molecule has 1 aromatic carbocycles. The molecule has 20 heavy (non-hydrogen) atoms. The van der Waals surface area contributed by atoms with Gasteiger partial charge >= 0.3 is 0 Å². The van der Waals surface area contributed by atoms with E-state index in [9.17, 15) is 4.79 Å². The lowest BCUT2D eigenvalue weighted by Crippen LogP contribution is -2.61. The Balaban J connectivity index is 2.10. The van der Waals surface area contributed by atoms with Crippen LogP contribution >= 0.6 is 0 Å². The Kier molecular flexibility index (Phi) is 4.01. The first-order chi connectivity index (χ1) is 9.40. The molecule has 1 aliphatic carbocycles. The van der Waals surface area contributed by atoms with Crippen molar-refractivity contribution in [3.63, 3.8) is 0 Å². The Morgan fingerprint density at radius 1 is 1.45 bits per heavy atom. The van der Waals surface area contributed by atoms with Gasteiger partial charge in [0.1, 0.15) is 0 Å². The number of nitrogens with one attached hydrogen (secondary N) is 2. The molecule has 0 aliphatic heterocycles. The van der Waals surface area contributed by atoms with Crippen LogP contribution in [0.3, 0.4) is 0 Å². The van der Waals surface area contributed by atoms with Gasteiger partial charge in [-0.25, -0.2) is 0 Å². The second kappa shape index (κ2) is 5.42. The number of methoxy groups -OCH3 is 1. The summed E-state index contributed by atoms with van der Waals surface area (Å²) in [5.74, 6) is 5.38. The number of rotatable bonds is 4. The van der Waals surface area contributed by atoms with Crippen molar-refractivity contribution < 1.29 is 9.53 Å². The first kappa shape index (κ1) is 14.8. The summed E-state index contributed by atoms with van der Waals surface area (Å²) in [7, 11) is 1.71. The minimum Gasteiger partial charge on any atom is -0.381 e. The maximum absolute atomic E-state index is 12.4. The van der Waals surface area contributed by atoms with Crippen molar-refractivity contribution in [3.05, 3.63) is 29.3 Å². The molecule has 1 saturated carbocycles. The van der Waals surface area contributed by atoms with Crippen molar-refractivity contribution in [1.82, 2.24) is 5.32 Å². The summed E-state index contributed by atoms with van der Waals surface area (Å²) in [5, 5.41) is 3.07. The molecule has 0 bridgehead atoms. The number of hydrogen-bond acceptors (Lipinski definition) is 4. The average molecular weight is 277 g/mol. The van der Waals surface area contributed by atoms with Crippen LogP contribution in [-0.4, -0.2) is 25.2 Å². The summed E-state index contributed by atoms with van der Waals surface area (Å²) in [6.45, 7) is 6.17. The molecule has 4 N–H and O–H groups in total. The fraction of sp³-hybridized carbons (Fsp3) is 0.533. The Labute approximate surface area is 119 Å². The van der Waals surface area contributed by atoms with Crippen molar-refractivity contribution in [2.24, 2.45) is 11.3 Å². The van der Waals surface area contributed by atoms with E-state index in [4.69, 9.17) is 10.6 Å². The first-order valence-corrected chi connectivity index (χ1v) is 6.81. The number of amides is 1. The summed E-state index contributed by atoms with van der Waals surface area (Å²) < 4.78 is 5.40. The van der Waals surface area contributed by atoms with Crippen LogP contribution in [0.1, 0.15) is 36.2 Å². The van der Waals surface area contributed by atoms with Crippen LogP contribution in [0.5, 0.6) is 0 Å². The number of carbonyl (C=O) groups excluding carboxylic acids is 1. The molecule has 0 spiro atoms. The minimum absolute atomic E-state index is 0.0502. The lowest BCUT2D eigenvalue weighted by Gasteiger charge is -2.51. The summed E-state index contributed by atoms with van der Waals surface area (Å²) in [4.78, 5) is 12.4. The summed E-state index contributed by atoms with van der Waals surface area (Å²) in [5.41, 5.74) is 4.79. The molecule has 0 radical (unpaired) electrons. The number of aryl methyl sites for hydroxylation is 1. The van der Waals surface area contributed by atoms with Crippen LogP contribution in [0.2, 0.25) is 0 Å². The van der Waals surface area contributed by atoms with Gasteiger partial charge in [0.05, 0.1) is 17.4 Å². The Bertz CT molecular complexity index is 514. The van der Waals surface area contributed by atoms with Gasteiger partial charge in [-0.05, 0) is 31.0 Å². The monoisotopic (exact) mass is 277 g/mol. The highest BCUT2D eigenvalue weighted by Crippen LogP contribution is 2.42. The summed E-state index contributed by atoms with van der Waals surface area (Å²) in [6, 6.07) is 5.67. The molecule has 110 valence electrons. The maximum Gasteiger partial charge on any atom is 0.253 e. The van der Waals surface area contributed by atoms with E-state index in [0.717, 1.165) is 12.0 Å². The van der Waals surface area contributed by atoms with Crippen molar-refractivity contribution in [2.75, 3.05) is 12.5 Å². The molecule has 2 rings (SSSR count). The van der Waals surface area contributed by atoms with Crippen molar-refractivity contribution in [3.8, 4) is 0 Å². The number of carbonyl (C=O) groups is 1. The van der Waals surface area contributed by atoms with E-state index in [1.165, 1.54) is 0 Å². The van der Waals surface area contributed by atoms with E-state index < -0.39 is 0 Å². The highest BCUT2D eigenvalue weighted by molar-refractivity contribution is 5.99. The van der Waals surface area contributed by atoms with Gasteiger partial charge in [-0.15, -0.1) is 0 Å². The van der Waals surface area contributed by atoms with Gasteiger partial charge in [-0.2, -0.15) is 0 Å². The molecule has 2 atom stereocenters. The van der Waals surface area contributed by atoms with E-state index in [2.05, 4.69) is 24.6 Å². The van der Waals surface area contributed by atoms with E-state index in [1.54, 1.807) is 13.2 Å². The largest absolute Gasteiger partial charge is 0.381 e. The Morgan fingerprint density at radius 2 is 2.15 bits per heavy atom. The third-order valence-corrected chi connectivity index (χ3v) is 4.34. The Morgan fingerprint density at radius 3 is 2.70 bits per heavy atom. The minimum atomic E-state index is -0.106. The molecule has 1 amide bonds. The van der Waals surface area contributed by atoms with E-state index >= 15 is 0 Å². The second-order valence-electron chi connectivity index (χ2n) is 6.00. The molecule has 0 heterocycles. The Hall–Kier alpha value is -1.59. The fourth-order valence-corrected chi connectivity index (χ4v) is 2.74. The molecule has 2 unspecified atom stereocenters. The van der Waals surface area contributed by atoms with Crippen LogP contribution in [-0.2, 0) is 4.74 Å². The molecule has 1 aliphatic rings. The zero-order chi connectivity index (χ0) is 14.9. The van der Waals surface area contributed by atoms with Gasteiger partial charge in [0.2, 0.25) is 0 Å². The predicted molar refractivity (Wildman–Crippen MR) is 79.4 cm³/mol. The fourth-order valence-electron chi connectivity index (χ4n) is 2.74. The van der Waals surface area contributed by atoms with Gasteiger partial charge in [-0.1, -0.05) is 19.9 Å². The third kappa shape index (κ3) is 2.51. The normalized spacial score (nSPS) is 23.9. The molecule has 1 fully saturated rings. The number of benzene rings is 1. The summed E-state index contributed by atoms with van der Waals surface area (Å²) in [6.07, 6.45) is 1.03. The number of hydrogen-bond donors (Lipinski definition) is 3. The molecular weight excluding hydrogens is 254 g/mol. The highest BCUT2D eigenvalue weighted by Gasteiger charge is 2.49. The number of nitrogens with two attached hydrogens (primary N) is 1. The standard InChI is InChI=1S/C15H23N3O2/c1-9-5-6-10(11(7-9)18-16)14(19)17-12-8-13(20-4)15(12,2)3/h5-7,12-13,18H,8,16H2,1-4H3,(H,17,19). The van der Waals surface area contributed by atoms with Crippen LogP contribution in [0.25, 0.3) is 0 Å². The van der Waals surface area contributed by atoms with E-state index in [-0.39, 0.29) is 23.5 Å². The number of hydrazine groups is 1. The van der Waals surface area contributed by atoms with Gasteiger partial charge in [0, 0.05) is 18.6 Å². The molecule has 5 heteroatoms. The molecule has 0 aromatic heterocycles. The molecular formula is C15H23N3O2. The SMILES string of the molecule is COC1CC(NC(=O)c2ccc(C)cc2NN)C1(C)C. The number of ether oxygens (including phenoxy) is 1. The molecule has 0 saturated heterocycles. The first-order valence-electron chi connectivity index (χ1n) is 6.81. The third-order valence-electron chi connectivity index (χ3n) is 4.34. The van der Waals surface area contributed by atoms with Gasteiger partial charge in [0.15, 0.2) is 0 Å². The number of anilines is 1. The van der Waals surface area contributed by atoms with Gasteiger partial charge in [-0.3, -0.25) is 10.6 Å². The zero-order valence-electron chi connectivity index (χ0n) is 12.5. The zero-order valence-corrected chi connectivity index (χ0v) is 12.5. The van der Waals surface area contributed by atoms with Crippen LogP contribution < -0.4 is 16.6 Å². The van der Waals surface area contributed by atoms with Crippen LogP contribution in [0.15, 0.2) is 18.2 Å². The smallest absolute Gasteiger partial charge is 0.253 e. The van der Waals surface area contributed by atoms with E-state index in [0.29, 0.717) is 11.3 Å². The van der Waals surface area contributed by atoms with Gasteiger partial charge in [0.25, 0.3) is 5.91 Å². The van der Waals surface area contributed by atoms with Crippen molar-refractivity contribution in [2.45, 2.75) is 39.3 Å².